The fraction of sp³-hybridized carbons (Fsp3) is 0.326. The van der Waals surface area contributed by atoms with E-state index in [1.165, 1.54) is 7.11 Å². The molecule has 5 aromatic rings. The van der Waals surface area contributed by atoms with Crippen molar-refractivity contribution in [1.82, 2.24) is 34.6 Å². The Kier molecular flexibility index (Phi) is 11.0. The van der Waals surface area contributed by atoms with Crippen molar-refractivity contribution in [2.75, 3.05) is 34.3 Å². The zero-order valence-corrected chi connectivity index (χ0v) is 30.9. The lowest BCUT2D eigenvalue weighted by atomic mass is 9.94. The number of aromatic nitrogens is 4. The molecule has 2 amide bonds. The highest BCUT2D eigenvalue weighted by atomic mass is 16.5. The van der Waals surface area contributed by atoms with Gasteiger partial charge in [0.2, 0.25) is 11.8 Å². The molecule has 0 spiro atoms. The number of carbonyl (C=O) groups is 3. The molecule has 2 aromatic heterocycles. The molecule has 11 heteroatoms. The Hall–Kier alpha value is -5.99. The summed E-state index contributed by atoms with van der Waals surface area (Å²) < 4.78 is 4.92. The van der Waals surface area contributed by atoms with Crippen molar-refractivity contribution in [3.8, 4) is 23.1 Å². The van der Waals surface area contributed by atoms with Crippen LogP contribution in [0.5, 0.6) is 0 Å². The third-order valence-corrected chi connectivity index (χ3v) is 10.4. The Bertz CT molecular complexity index is 2130. The van der Waals surface area contributed by atoms with E-state index in [0.717, 1.165) is 59.5 Å². The first-order valence-electron chi connectivity index (χ1n) is 18.5. The maximum Gasteiger partial charge on any atom is 0.306 e. The third-order valence-electron chi connectivity index (χ3n) is 10.4. The predicted molar refractivity (Wildman–Crippen MR) is 205 cm³/mol. The van der Waals surface area contributed by atoms with Crippen LogP contribution < -0.4 is 0 Å². The largest absolute Gasteiger partial charge is 0.469 e. The van der Waals surface area contributed by atoms with E-state index in [4.69, 9.17) is 9.72 Å². The summed E-state index contributed by atoms with van der Waals surface area (Å²) in [5, 5.41) is 0. The number of benzene rings is 3. The van der Waals surface area contributed by atoms with Gasteiger partial charge >= 0.3 is 5.97 Å². The van der Waals surface area contributed by atoms with Crippen molar-refractivity contribution in [2.45, 2.75) is 56.1 Å². The van der Waals surface area contributed by atoms with Crippen molar-refractivity contribution in [3.05, 3.63) is 131 Å². The molecular formula is C43H45N7O4. The van der Waals surface area contributed by atoms with Gasteiger partial charge in [-0.2, -0.15) is 0 Å². The summed E-state index contributed by atoms with van der Waals surface area (Å²) in [4.78, 5) is 61.9. The second-order valence-electron chi connectivity index (χ2n) is 14.1. The number of H-pyrrole nitrogens is 2. The number of likely N-dealkylation sites (tertiary alicyclic amines) is 2. The number of methoxy groups -OCH3 is 1. The minimum absolute atomic E-state index is 0.0233. The molecule has 0 unspecified atom stereocenters. The lowest BCUT2D eigenvalue weighted by Crippen LogP contribution is -2.40. The monoisotopic (exact) mass is 723 g/mol. The Labute approximate surface area is 315 Å². The van der Waals surface area contributed by atoms with Crippen LogP contribution in [0, 0.1) is 11.8 Å². The number of hydrogen-bond acceptors (Lipinski definition) is 7. The zero-order valence-electron chi connectivity index (χ0n) is 30.9. The van der Waals surface area contributed by atoms with Gasteiger partial charge in [0.05, 0.1) is 49.6 Å². The molecule has 0 bridgehead atoms. The molecule has 2 fully saturated rings. The van der Waals surface area contributed by atoms with Crippen LogP contribution in [-0.2, 0) is 19.1 Å². The van der Waals surface area contributed by atoms with Gasteiger partial charge in [-0.05, 0) is 74.5 Å². The standard InChI is InChI=1S/C43H45N7O4/c1-48(2)39(32-14-8-5-9-15-32)43(53)50-25-11-17-37(50)41-45-28-35(47-41)31-21-18-29(19-22-31)20-23-33-27-44-40(46-33)36-16-10-24-49(36)42(52)34(26-38(51)54-3)30-12-6-4-7-13-30/h4-9,12-15,18-19,21-22,27-28,34,36-37,39H,10-11,16-17,24-26H2,1-3H3,(H,44,46)(H,45,47)/t34-,36+,37+,39-/m1/s1. The molecule has 4 atom stereocenters. The Morgan fingerprint density at radius 3 is 2.00 bits per heavy atom. The van der Waals surface area contributed by atoms with E-state index in [1.54, 1.807) is 6.20 Å². The van der Waals surface area contributed by atoms with Crippen molar-refractivity contribution in [3.63, 3.8) is 0 Å². The molecular weight excluding hydrogens is 679 g/mol. The first-order valence-corrected chi connectivity index (χ1v) is 18.5. The number of carbonyl (C=O) groups excluding carboxylic acids is 3. The van der Waals surface area contributed by atoms with Gasteiger partial charge in [-0.25, -0.2) is 9.97 Å². The van der Waals surface area contributed by atoms with Crippen LogP contribution in [0.1, 0.15) is 90.2 Å². The average molecular weight is 724 g/mol. The van der Waals surface area contributed by atoms with Crippen molar-refractivity contribution in [2.24, 2.45) is 0 Å². The Morgan fingerprint density at radius 2 is 1.37 bits per heavy atom. The van der Waals surface area contributed by atoms with Gasteiger partial charge in [0.25, 0.3) is 0 Å². The molecule has 54 heavy (non-hydrogen) atoms. The summed E-state index contributed by atoms with van der Waals surface area (Å²) in [5.41, 5.74) is 5.11. The molecule has 0 aliphatic carbocycles. The van der Waals surface area contributed by atoms with Crippen molar-refractivity contribution in [1.29, 1.82) is 0 Å². The molecule has 11 nitrogen and oxygen atoms in total. The van der Waals surface area contributed by atoms with Crippen LogP contribution in [0.25, 0.3) is 11.3 Å². The smallest absolute Gasteiger partial charge is 0.306 e. The van der Waals surface area contributed by atoms with Crippen molar-refractivity contribution >= 4 is 17.8 Å². The van der Waals surface area contributed by atoms with Crippen LogP contribution in [0.2, 0.25) is 0 Å². The molecule has 2 saturated heterocycles. The quantitative estimate of drug-likeness (QED) is 0.130. The Morgan fingerprint density at radius 1 is 0.778 bits per heavy atom. The first kappa shape index (κ1) is 36.4. The highest BCUT2D eigenvalue weighted by molar-refractivity contribution is 5.88. The topological polar surface area (TPSA) is 128 Å². The van der Waals surface area contributed by atoms with Gasteiger partial charge < -0.3 is 24.5 Å². The normalized spacial score (nSPS) is 17.9. The van der Waals surface area contributed by atoms with E-state index in [-0.39, 0.29) is 36.4 Å². The van der Waals surface area contributed by atoms with Crippen LogP contribution in [0.3, 0.4) is 0 Å². The maximum absolute atomic E-state index is 13.9. The highest BCUT2D eigenvalue weighted by Crippen LogP contribution is 2.36. The number of amides is 2. The summed E-state index contributed by atoms with van der Waals surface area (Å²) >= 11 is 0. The van der Waals surface area contributed by atoms with E-state index in [9.17, 15) is 14.4 Å². The number of hydrogen-bond donors (Lipinski definition) is 2. The average Bonchev–Trinajstić information content (AvgIpc) is 4.04. The molecule has 0 saturated carbocycles. The molecule has 4 heterocycles. The lowest BCUT2D eigenvalue weighted by Gasteiger charge is -2.31. The number of likely N-dealkylation sites (N-methyl/N-ethyl adjacent to an activating group) is 1. The summed E-state index contributed by atoms with van der Waals surface area (Å²) in [6.07, 6.45) is 6.89. The van der Waals surface area contributed by atoms with E-state index >= 15 is 0 Å². The number of rotatable bonds is 10. The lowest BCUT2D eigenvalue weighted by molar-refractivity contribution is -0.145. The Balaban J connectivity index is 1.01. The highest BCUT2D eigenvalue weighted by Gasteiger charge is 2.38. The van der Waals surface area contributed by atoms with E-state index in [0.29, 0.717) is 24.6 Å². The maximum atomic E-state index is 13.9. The molecule has 2 aliphatic heterocycles. The van der Waals surface area contributed by atoms with Gasteiger partial charge in [-0.1, -0.05) is 78.7 Å². The predicted octanol–water partition coefficient (Wildman–Crippen LogP) is 6.18. The van der Waals surface area contributed by atoms with E-state index in [1.807, 2.05) is 120 Å². The number of nitrogens with one attached hydrogen (secondary N) is 2. The summed E-state index contributed by atoms with van der Waals surface area (Å²) in [6.45, 7) is 1.28. The first-order chi connectivity index (χ1) is 26.3. The van der Waals surface area contributed by atoms with Crippen LogP contribution in [0.4, 0.5) is 0 Å². The molecule has 0 radical (unpaired) electrons. The van der Waals surface area contributed by atoms with Gasteiger partial charge in [-0.15, -0.1) is 0 Å². The fourth-order valence-corrected chi connectivity index (χ4v) is 7.66. The van der Waals surface area contributed by atoms with Gasteiger partial charge in [0, 0.05) is 18.7 Å². The van der Waals surface area contributed by atoms with E-state index < -0.39 is 11.9 Å². The van der Waals surface area contributed by atoms with Gasteiger partial charge in [0.1, 0.15) is 23.4 Å². The molecule has 2 N–H and O–H groups in total. The van der Waals surface area contributed by atoms with Crippen LogP contribution >= 0.6 is 0 Å². The van der Waals surface area contributed by atoms with Crippen LogP contribution in [-0.4, -0.2) is 86.7 Å². The number of nitrogens with zero attached hydrogens (tertiary/aromatic N) is 5. The summed E-state index contributed by atoms with van der Waals surface area (Å²) in [5.74, 6) is 6.79. The number of esters is 1. The summed E-state index contributed by atoms with van der Waals surface area (Å²) in [7, 11) is 5.22. The van der Waals surface area contributed by atoms with Crippen LogP contribution in [0.15, 0.2) is 97.3 Å². The number of imidazole rings is 2. The second kappa shape index (κ2) is 16.4. The van der Waals surface area contributed by atoms with E-state index in [2.05, 4.69) is 26.8 Å². The van der Waals surface area contributed by atoms with Gasteiger partial charge in [-0.3, -0.25) is 19.3 Å². The minimum Gasteiger partial charge on any atom is -0.469 e. The number of aromatic amines is 2. The molecule has 3 aromatic carbocycles. The second-order valence-corrected chi connectivity index (χ2v) is 14.1. The fourth-order valence-electron chi connectivity index (χ4n) is 7.66. The van der Waals surface area contributed by atoms with Gasteiger partial charge in [0.15, 0.2) is 0 Å². The number of ether oxygens (including phenoxy) is 1. The molecule has 276 valence electrons. The SMILES string of the molecule is COC(=O)C[C@@H](C(=O)N1CCC[C@H]1c1ncc(C#Cc2ccc(-c3cnc([C@@H]4CCCN4C(=O)[C@@H](c4ccccc4)N(C)C)[nH]3)cc2)[nH]1)c1ccccc1. The minimum atomic E-state index is -0.632. The zero-order chi connectivity index (χ0) is 37.6. The molecule has 2 aliphatic rings. The van der Waals surface area contributed by atoms with Crippen molar-refractivity contribution < 1.29 is 19.1 Å². The third kappa shape index (κ3) is 7.84. The molecule has 7 rings (SSSR count). The summed E-state index contributed by atoms with van der Waals surface area (Å²) in [6, 6.07) is 26.5.